The minimum atomic E-state index is -0.369. The quantitative estimate of drug-likeness (QED) is 0.733. The van der Waals surface area contributed by atoms with E-state index in [0.29, 0.717) is 28.6 Å². The summed E-state index contributed by atoms with van der Waals surface area (Å²) in [5, 5.41) is 10.5. The van der Waals surface area contributed by atoms with Gasteiger partial charge < -0.3 is 19.2 Å². The van der Waals surface area contributed by atoms with Gasteiger partial charge in [-0.05, 0) is 24.3 Å². The lowest BCUT2D eigenvalue weighted by Crippen LogP contribution is -2.24. The number of methoxy groups -OCH3 is 2. The molecule has 1 amide bonds. The van der Waals surface area contributed by atoms with Crippen LogP contribution in [0.4, 0.5) is 0 Å². The summed E-state index contributed by atoms with van der Waals surface area (Å²) in [6.07, 6.45) is 1.63. The molecule has 0 bridgehead atoms. The van der Waals surface area contributed by atoms with Gasteiger partial charge in [-0.15, -0.1) is 10.2 Å². The highest BCUT2D eigenvalue weighted by Crippen LogP contribution is 2.28. The molecular formula is C17H16N4O4. The van der Waals surface area contributed by atoms with Crippen LogP contribution in [0.5, 0.6) is 11.5 Å². The summed E-state index contributed by atoms with van der Waals surface area (Å²) in [6, 6.07) is 10.5. The molecule has 1 aromatic carbocycles. The molecule has 3 rings (SSSR count). The van der Waals surface area contributed by atoms with E-state index in [4.69, 9.17) is 13.9 Å². The first-order chi connectivity index (χ1) is 12.2. The molecule has 0 unspecified atom stereocenters. The van der Waals surface area contributed by atoms with Crippen molar-refractivity contribution in [2.24, 2.45) is 0 Å². The molecule has 8 heteroatoms. The molecule has 2 heterocycles. The number of hydrogen-bond acceptors (Lipinski definition) is 7. The third-order valence-electron chi connectivity index (χ3n) is 3.41. The first kappa shape index (κ1) is 16.4. The smallest absolute Gasteiger partial charge is 0.266 e. The predicted molar refractivity (Wildman–Crippen MR) is 88.2 cm³/mol. The molecule has 8 nitrogen and oxygen atoms in total. The Bertz CT molecular complexity index is 842. The molecule has 0 aliphatic rings. The van der Waals surface area contributed by atoms with Crippen molar-refractivity contribution in [1.82, 2.24) is 20.5 Å². The largest absolute Gasteiger partial charge is 0.496 e. The van der Waals surface area contributed by atoms with Crippen molar-refractivity contribution < 1.29 is 18.7 Å². The van der Waals surface area contributed by atoms with Gasteiger partial charge in [0.05, 0.1) is 20.8 Å². The topological polar surface area (TPSA) is 99.4 Å². The van der Waals surface area contributed by atoms with E-state index in [1.54, 1.807) is 36.5 Å². The molecule has 0 atom stereocenters. The van der Waals surface area contributed by atoms with Crippen molar-refractivity contribution in [2.75, 3.05) is 14.2 Å². The van der Waals surface area contributed by atoms with Crippen molar-refractivity contribution in [3.8, 4) is 23.1 Å². The van der Waals surface area contributed by atoms with Gasteiger partial charge in [0.1, 0.15) is 22.8 Å². The van der Waals surface area contributed by atoms with Crippen LogP contribution in [-0.4, -0.2) is 35.3 Å². The first-order valence-corrected chi connectivity index (χ1v) is 7.46. The summed E-state index contributed by atoms with van der Waals surface area (Å²) >= 11 is 0. The number of aromatic nitrogens is 3. The van der Waals surface area contributed by atoms with E-state index in [0.717, 1.165) is 0 Å². The third kappa shape index (κ3) is 3.57. The molecule has 0 saturated carbocycles. The zero-order valence-electron chi connectivity index (χ0n) is 13.7. The van der Waals surface area contributed by atoms with Crippen LogP contribution in [0.15, 0.2) is 47.0 Å². The Morgan fingerprint density at radius 2 is 1.84 bits per heavy atom. The molecule has 25 heavy (non-hydrogen) atoms. The number of carbonyl (C=O) groups is 1. The molecule has 0 radical (unpaired) electrons. The van der Waals surface area contributed by atoms with Crippen LogP contribution in [0, 0.1) is 0 Å². The number of nitrogens with one attached hydrogen (secondary N) is 1. The fourth-order valence-electron chi connectivity index (χ4n) is 2.24. The molecule has 128 valence electrons. The van der Waals surface area contributed by atoms with E-state index in [9.17, 15) is 4.79 Å². The second kappa shape index (κ2) is 7.43. The molecular weight excluding hydrogens is 324 g/mol. The Kier molecular flexibility index (Phi) is 4.89. The Labute approximate surface area is 143 Å². The Morgan fingerprint density at radius 1 is 1.08 bits per heavy atom. The maximum Gasteiger partial charge on any atom is 0.266 e. The molecule has 0 saturated heterocycles. The van der Waals surface area contributed by atoms with Gasteiger partial charge in [-0.3, -0.25) is 9.78 Å². The van der Waals surface area contributed by atoms with E-state index in [2.05, 4.69) is 20.5 Å². The average molecular weight is 340 g/mol. The maximum atomic E-state index is 12.5. The first-order valence-electron chi connectivity index (χ1n) is 7.46. The van der Waals surface area contributed by atoms with Crippen LogP contribution in [0.25, 0.3) is 11.6 Å². The van der Waals surface area contributed by atoms with Gasteiger partial charge in [0.15, 0.2) is 0 Å². The molecule has 0 spiro atoms. The molecule has 0 aliphatic heterocycles. The maximum absolute atomic E-state index is 12.5. The van der Waals surface area contributed by atoms with Crippen molar-refractivity contribution in [2.45, 2.75) is 6.54 Å². The number of carbonyl (C=O) groups excluding carboxylic acids is 1. The number of benzene rings is 1. The predicted octanol–water partition coefficient (Wildman–Crippen LogP) is 2.08. The van der Waals surface area contributed by atoms with Crippen molar-refractivity contribution in [3.05, 3.63) is 54.0 Å². The van der Waals surface area contributed by atoms with E-state index in [1.165, 1.54) is 14.2 Å². The lowest BCUT2D eigenvalue weighted by molar-refractivity contribution is 0.0941. The fourth-order valence-corrected chi connectivity index (χ4v) is 2.24. The monoisotopic (exact) mass is 340 g/mol. The lowest BCUT2D eigenvalue weighted by Gasteiger charge is -2.12. The Balaban J connectivity index is 1.72. The van der Waals surface area contributed by atoms with Crippen LogP contribution in [-0.2, 0) is 6.54 Å². The summed E-state index contributed by atoms with van der Waals surface area (Å²) in [5.74, 6) is 1.02. The number of hydrogen-bond donors (Lipinski definition) is 1. The number of nitrogens with zero attached hydrogens (tertiary/aromatic N) is 3. The highest BCUT2D eigenvalue weighted by atomic mass is 16.5. The van der Waals surface area contributed by atoms with Gasteiger partial charge in [0, 0.05) is 6.20 Å². The second-order valence-corrected chi connectivity index (χ2v) is 4.94. The van der Waals surface area contributed by atoms with Crippen LogP contribution in [0.2, 0.25) is 0 Å². The van der Waals surface area contributed by atoms with Gasteiger partial charge in [-0.25, -0.2) is 0 Å². The van der Waals surface area contributed by atoms with E-state index >= 15 is 0 Å². The normalized spacial score (nSPS) is 10.3. The van der Waals surface area contributed by atoms with Crippen molar-refractivity contribution >= 4 is 5.91 Å². The lowest BCUT2D eigenvalue weighted by atomic mass is 10.1. The number of pyridine rings is 1. The summed E-state index contributed by atoms with van der Waals surface area (Å²) in [7, 11) is 2.98. The van der Waals surface area contributed by atoms with Crippen LogP contribution in [0.3, 0.4) is 0 Å². The second-order valence-electron chi connectivity index (χ2n) is 4.94. The zero-order valence-corrected chi connectivity index (χ0v) is 13.7. The van der Waals surface area contributed by atoms with Crippen LogP contribution < -0.4 is 14.8 Å². The molecule has 0 fully saturated rings. The number of ether oxygens (including phenoxy) is 2. The van der Waals surface area contributed by atoms with Gasteiger partial charge in [0.25, 0.3) is 11.8 Å². The van der Waals surface area contributed by atoms with Gasteiger partial charge >= 0.3 is 0 Å². The summed E-state index contributed by atoms with van der Waals surface area (Å²) < 4.78 is 16.0. The molecule has 0 aliphatic carbocycles. The Hall–Kier alpha value is -3.42. The fraction of sp³-hybridized carbons (Fsp3) is 0.176. The summed E-state index contributed by atoms with van der Waals surface area (Å²) in [6.45, 7) is 0.0693. The molecule has 1 N–H and O–H groups in total. The van der Waals surface area contributed by atoms with Gasteiger partial charge in [-0.2, -0.15) is 0 Å². The minimum absolute atomic E-state index is 0.0693. The standard InChI is InChI=1S/C17H16N4O4/c1-23-12-7-5-8-13(24-2)15(12)16(22)19-10-14-20-21-17(25-14)11-6-3-4-9-18-11/h3-9H,10H2,1-2H3,(H,19,22). The molecule has 3 aromatic rings. The third-order valence-corrected chi connectivity index (χ3v) is 3.41. The van der Waals surface area contributed by atoms with Crippen molar-refractivity contribution in [1.29, 1.82) is 0 Å². The highest BCUT2D eigenvalue weighted by Gasteiger charge is 2.19. The minimum Gasteiger partial charge on any atom is -0.496 e. The summed E-state index contributed by atoms with van der Waals surface area (Å²) in [5.41, 5.74) is 0.871. The highest BCUT2D eigenvalue weighted by molar-refractivity contribution is 5.99. The SMILES string of the molecule is COc1cccc(OC)c1C(=O)NCc1nnc(-c2ccccn2)o1. The van der Waals surface area contributed by atoms with Crippen LogP contribution >= 0.6 is 0 Å². The van der Waals surface area contributed by atoms with Crippen LogP contribution in [0.1, 0.15) is 16.2 Å². The van der Waals surface area contributed by atoms with Gasteiger partial charge in [0.2, 0.25) is 5.89 Å². The zero-order chi connectivity index (χ0) is 17.6. The van der Waals surface area contributed by atoms with Gasteiger partial charge in [-0.1, -0.05) is 12.1 Å². The molecule has 2 aromatic heterocycles. The number of rotatable bonds is 6. The average Bonchev–Trinajstić information content (AvgIpc) is 3.15. The van der Waals surface area contributed by atoms with Crippen molar-refractivity contribution in [3.63, 3.8) is 0 Å². The number of amides is 1. The summed E-state index contributed by atoms with van der Waals surface area (Å²) in [4.78, 5) is 16.6. The van der Waals surface area contributed by atoms with E-state index < -0.39 is 0 Å². The van der Waals surface area contributed by atoms with E-state index in [-0.39, 0.29) is 18.3 Å². The Morgan fingerprint density at radius 3 is 2.48 bits per heavy atom. The van der Waals surface area contributed by atoms with E-state index in [1.807, 2.05) is 6.07 Å².